The summed E-state index contributed by atoms with van der Waals surface area (Å²) in [6, 6.07) is 1.82. The summed E-state index contributed by atoms with van der Waals surface area (Å²) in [5, 5.41) is 3.76. The molecule has 0 saturated heterocycles. The Morgan fingerprint density at radius 1 is 1.32 bits per heavy atom. The molecular weight excluding hydrogens is 266 g/mol. The summed E-state index contributed by atoms with van der Waals surface area (Å²) >= 11 is 0. The Balaban J connectivity index is 2.38. The number of unbranched alkanes of at least 4 members (excludes halogenated alkanes) is 1. The molecule has 0 bridgehead atoms. The molecule has 0 saturated carbocycles. The lowest BCUT2D eigenvalue weighted by Crippen LogP contribution is -2.25. The maximum absolute atomic E-state index is 12.0. The molecule has 2 heterocycles. The zero-order valence-electron chi connectivity index (χ0n) is 11.2. The number of aryl methyl sites for hydroxylation is 2. The SMILES string of the molecule is CCCCNS(=O)(=O)c1nc2nc(C)cc(C)n2n1. The minimum atomic E-state index is -3.66. The molecule has 0 aromatic carbocycles. The van der Waals surface area contributed by atoms with Crippen molar-refractivity contribution in [3.63, 3.8) is 0 Å². The molecule has 0 aliphatic carbocycles. The standard InChI is InChI=1S/C11H17N5O2S/c1-4-5-6-12-19(17,18)11-14-10-13-8(2)7-9(3)16(10)15-11/h7,12H,4-6H2,1-3H3. The molecule has 0 atom stereocenters. The van der Waals surface area contributed by atoms with E-state index in [4.69, 9.17) is 0 Å². The van der Waals surface area contributed by atoms with Crippen molar-refractivity contribution in [3.05, 3.63) is 17.5 Å². The third kappa shape index (κ3) is 2.90. The highest BCUT2D eigenvalue weighted by molar-refractivity contribution is 7.89. The lowest BCUT2D eigenvalue weighted by molar-refractivity contribution is 0.569. The third-order valence-corrected chi connectivity index (χ3v) is 3.90. The topological polar surface area (TPSA) is 89.2 Å². The number of hydrogen-bond donors (Lipinski definition) is 1. The van der Waals surface area contributed by atoms with Crippen molar-refractivity contribution >= 4 is 15.8 Å². The van der Waals surface area contributed by atoms with Crippen molar-refractivity contribution in [2.45, 2.75) is 38.8 Å². The molecule has 104 valence electrons. The van der Waals surface area contributed by atoms with E-state index < -0.39 is 10.0 Å². The van der Waals surface area contributed by atoms with Gasteiger partial charge < -0.3 is 0 Å². The van der Waals surface area contributed by atoms with Gasteiger partial charge >= 0.3 is 0 Å². The first-order valence-electron chi connectivity index (χ1n) is 6.14. The zero-order chi connectivity index (χ0) is 14.0. The van der Waals surface area contributed by atoms with Crippen molar-refractivity contribution in [1.29, 1.82) is 0 Å². The van der Waals surface area contributed by atoms with Crippen LogP contribution < -0.4 is 4.72 Å². The second-order valence-corrected chi connectivity index (χ2v) is 6.06. The predicted octanol–water partition coefficient (Wildman–Crippen LogP) is 0.820. The molecule has 2 aromatic heterocycles. The second kappa shape index (κ2) is 5.22. The highest BCUT2D eigenvalue weighted by Crippen LogP contribution is 2.08. The Morgan fingerprint density at radius 2 is 2.05 bits per heavy atom. The number of hydrogen-bond acceptors (Lipinski definition) is 5. The van der Waals surface area contributed by atoms with E-state index in [0.717, 1.165) is 24.2 Å². The highest BCUT2D eigenvalue weighted by Gasteiger charge is 2.20. The van der Waals surface area contributed by atoms with Gasteiger partial charge in [0.2, 0.25) is 0 Å². The number of aromatic nitrogens is 4. The van der Waals surface area contributed by atoms with Gasteiger partial charge in [-0.25, -0.2) is 22.6 Å². The average Bonchev–Trinajstić information content (AvgIpc) is 2.74. The van der Waals surface area contributed by atoms with Crippen LogP contribution in [0.1, 0.15) is 31.2 Å². The molecule has 0 unspecified atom stereocenters. The van der Waals surface area contributed by atoms with Crippen LogP contribution >= 0.6 is 0 Å². The summed E-state index contributed by atoms with van der Waals surface area (Å²) in [5.74, 6) is 0.299. The van der Waals surface area contributed by atoms with Crippen LogP contribution in [0.2, 0.25) is 0 Å². The summed E-state index contributed by atoms with van der Waals surface area (Å²) in [5.41, 5.74) is 1.57. The second-order valence-electron chi connectivity index (χ2n) is 4.40. The molecule has 7 nitrogen and oxygen atoms in total. The van der Waals surface area contributed by atoms with Crippen LogP contribution in [-0.2, 0) is 10.0 Å². The Morgan fingerprint density at radius 3 is 2.74 bits per heavy atom. The number of fused-ring (bicyclic) bond motifs is 1. The molecule has 0 amide bonds. The maximum Gasteiger partial charge on any atom is 0.284 e. The molecule has 0 aliphatic rings. The van der Waals surface area contributed by atoms with Crippen LogP contribution in [0, 0.1) is 13.8 Å². The molecule has 2 rings (SSSR count). The molecule has 8 heteroatoms. The molecule has 19 heavy (non-hydrogen) atoms. The van der Waals surface area contributed by atoms with E-state index in [1.54, 1.807) is 0 Å². The minimum Gasteiger partial charge on any atom is -0.216 e. The monoisotopic (exact) mass is 283 g/mol. The molecular formula is C11H17N5O2S. The molecule has 0 spiro atoms. The highest BCUT2D eigenvalue weighted by atomic mass is 32.2. The van der Waals surface area contributed by atoms with E-state index in [2.05, 4.69) is 19.8 Å². The van der Waals surface area contributed by atoms with Gasteiger partial charge in [0, 0.05) is 17.9 Å². The first-order valence-corrected chi connectivity index (χ1v) is 7.63. The van der Waals surface area contributed by atoms with Gasteiger partial charge in [0.05, 0.1) is 0 Å². The Hall–Kier alpha value is -1.54. The molecule has 0 aliphatic heterocycles. The fraction of sp³-hybridized carbons (Fsp3) is 0.545. The van der Waals surface area contributed by atoms with Gasteiger partial charge in [-0.1, -0.05) is 13.3 Å². The van der Waals surface area contributed by atoms with E-state index >= 15 is 0 Å². The minimum absolute atomic E-state index is 0.232. The number of rotatable bonds is 5. The number of nitrogens with zero attached hydrogens (tertiary/aromatic N) is 4. The van der Waals surface area contributed by atoms with E-state index in [0.29, 0.717) is 12.3 Å². The molecule has 1 N–H and O–H groups in total. The Kier molecular flexibility index (Phi) is 3.81. The van der Waals surface area contributed by atoms with Crippen LogP contribution in [0.4, 0.5) is 0 Å². The lowest BCUT2D eigenvalue weighted by Gasteiger charge is -2.00. The van der Waals surface area contributed by atoms with Crippen LogP contribution in [0.3, 0.4) is 0 Å². The van der Waals surface area contributed by atoms with Gasteiger partial charge in [0.25, 0.3) is 21.0 Å². The maximum atomic E-state index is 12.0. The molecule has 0 radical (unpaired) electrons. The van der Waals surface area contributed by atoms with Gasteiger partial charge in [-0.15, -0.1) is 5.10 Å². The van der Waals surface area contributed by atoms with Crippen molar-refractivity contribution in [1.82, 2.24) is 24.3 Å². The van der Waals surface area contributed by atoms with Crippen molar-refractivity contribution in [3.8, 4) is 0 Å². The van der Waals surface area contributed by atoms with Gasteiger partial charge in [0.15, 0.2) is 0 Å². The van der Waals surface area contributed by atoms with Crippen molar-refractivity contribution in [2.75, 3.05) is 6.54 Å². The number of nitrogens with one attached hydrogen (secondary N) is 1. The molecule has 0 fully saturated rings. The van der Waals surface area contributed by atoms with Crippen molar-refractivity contribution < 1.29 is 8.42 Å². The van der Waals surface area contributed by atoms with Gasteiger partial charge in [0.1, 0.15) is 0 Å². The molecule has 2 aromatic rings. The summed E-state index contributed by atoms with van der Waals surface area (Å²) in [6.07, 6.45) is 1.70. The van der Waals surface area contributed by atoms with Gasteiger partial charge in [-0.2, -0.15) is 4.98 Å². The fourth-order valence-electron chi connectivity index (χ4n) is 1.71. The van der Waals surface area contributed by atoms with Crippen LogP contribution in [0.5, 0.6) is 0 Å². The van der Waals surface area contributed by atoms with Crippen LogP contribution in [-0.4, -0.2) is 34.5 Å². The van der Waals surface area contributed by atoms with E-state index in [-0.39, 0.29) is 5.16 Å². The lowest BCUT2D eigenvalue weighted by atomic mass is 10.3. The Labute approximate surface area is 112 Å². The summed E-state index contributed by atoms with van der Waals surface area (Å²) in [4.78, 5) is 8.14. The third-order valence-electron chi connectivity index (χ3n) is 2.66. The first kappa shape index (κ1) is 13.9. The van der Waals surface area contributed by atoms with Crippen LogP contribution in [0.15, 0.2) is 11.2 Å². The van der Waals surface area contributed by atoms with Gasteiger partial charge in [-0.3, -0.25) is 0 Å². The fourth-order valence-corrected chi connectivity index (χ4v) is 2.64. The summed E-state index contributed by atoms with van der Waals surface area (Å²) in [6.45, 7) is 6.04. The smallest absolute Gasteiger partial charge is 0.216 e. The normalized spacial score (nSPS) is 12.2. The van der Waals surface area contributed by atoms with Crippen LogP contribution in [0.25, 0.3) is 5.78 Å². The quantitative estimate of drug-likeness (QED) is 0.821. The van der Waals surface area contributed by atoms with E-state index in [9.17, 15) is 8.42 Å². The largest absolute Gasteiger partial charge is 0.284 e. The average molecular weight is 283 g/mol. The first-order chi connectivity index (χ1) is 8.94. The predicted molar refractivity (Wildman–Crippen MR) is 70.4 cm³/mol. The summed E-state index contributed by atoms with van der Waals surface area (Å²) < 4.78 is 27.9. The van der Waals surface area contributed by atoms with E-state index in [1.807, 2.05) is 26.8 Å². The van der Waals surface area contributed by atoms with Crippen molar-refractivity contribution in [2.24, 2.45) is 0 Å². The Bertz CT molecular complexity index is 692. The summed E-state index contributed by atoms with van der Waals surface area (Å²) in [7, 11) is -3.66. The zero-order valence-corrected chi connectivity index (χ0v) is 12.0. The van der Waals surface area contributed by atoms with E-state index in [1.165, 1.54) is 4.52 Å². The van der Waals surface area contributed by atoms with Gasteiger partial charge in [-0.05, 0) is 26.3 Å². The number of sulfonamides is 1.